The molecule has 1 atom stereocenters. The third kappa shape index (κ3) is 4.86. The zero-order chi connectivity index (χ0) is 12.7. The Hall–Kier alpha value is -0.900. The summed E-state index contributed by atoms with van der Waals surface area (Å²) in [6, 6.07) is 6.03. The van der Waals surface area contributed by atoms with Gasteiger partial charge in [-0.1, -0.05) is 23.8 Å². The van der Waals surface area contributed by atoms with Gasteiger partial charge in [-0.2, -0.15) is 0 Å². The van der Waals surface area contributed by atoms with Gasteiger partial charge in [-0.25, -0.2) is 0 Å². The lowest BCUT2D eigenvalue weighted by atomic mass is 10.0. The van der Waals surface area contributed by atoms with Crippen molar-refractivity contribution in [3.05, 3.63) is 34.9 Å². The van der Waals surface area contributed by atoms with E-state index in [9.17, 15) is 5.11 Å². The zero-order valence-electron chi connectivity index (χ0n) is 10.9. The van der Waals surface area contributed by atoms with E-state index in [2.05, 4.69) is 6.07 Å². The lowest BCUT2D eigenvalue weighted by Crippen LogP contribution is -2.12. The van der Waals surface area contributed by atoms with E-state index in [0.29, 0.717) is 26.4 Å². The van der Waals surface area contributed by atoms with Gasteiger partial charge in [-0.3, -0.25) is 0 Å². The molecule has 1 aromatic rings. The number of aliphatic hydroxyl groups is 1. The quantitative estimate of drug-likeness (QED) is 0.741. The van der Waals surface area contributed by atoms with Crippen molar-refractivity contribution in [1.29, 1.82) is 0 Å². The Morgan fingerprint density at radius 3 is 2.53 bits per heavy atom. The van der Waals surface area contributed by atoms with E-state index in [1.807, 2.05) is 32.9 Å². The predicted octanol–water partition coefficient (Wildman–Crippen LogP) is 2.39. The first-order valence-electron chi connectivity index (χ1n) is 6.05. The van der Waals surface area contributed by atoms with Crippen LogP contribution < -0.4 is 0 Å². The van der Waals surface area contributed by atoms with Gasteiger partial charge in [-0.15, -0.1) is 0 Å². The van der Waals surface area contributed by atoms with Crippen LogP contribution in [0, 0.1) is 13.8 Å². The molecule has 1 aromatic carbocycles. The summed E-state index contributed by atoms with van der Waals surface area (Å²) >= 11 is 0. The van der Waals surface area contributed by atoms with Crippen LogP contribution in [-0.2, 0) is 9.47 Å². The predicted molar refractivity (Wildman–Crippen MR) is 68.2 cm³/mol. The van der Waals surface area contributed by atoms with Crippen LogP contribution in [0.4, 0.5) is 0 Å². The van der Waals surface area contributed by atoms with Crippen molar-refractivity contribution in [2.75, 3.05) is 26.4 Å². The minimum absolute atomic E-state index is 0.316. The lowest BCUT2D eigenvalue weighted by Gasteiger charge is -2.14. The minimum Gasteiger partial charge on any atom is -0.386 e. The highest BCUT2D eigenvalue weighted by Crippen LogP contribution is 2.18. The molecule has 0 fully saturated rings. The Bertz CT molecular complexity index is 336. The molecule has 0 aromatic heterocycles. The molecule has 0 radical (unpaired) electrons. The van der Waals surface area contributed by atoms with Crippen LogP contribution in [0.2, 0.25) is 0 Å². The summed E-state index contributed by atoms with van der Waals surface area (Å²) in [5, 5.41) is 9.98. The molecule has 0 aliphatic heterocycles. The van der Waals surface area contributed by atoms with Crippen LogP contribution in [0.5, 0.6) is 0 Å². The molecular weight excluding hydrogens is 216 g/mol. The van der Waals surface area contributed by atoms with E-state index in [4.69, 9.17) is 9.47 Å². The van der Waals surface area contributed by atoms with Gasteiger partial charge in [0.1, 0.15) is 6.10 Å². The highest BCUT2D eigenvalue weighted by atomic mass is 16.5. The van der Waals surface area contributed by atoms with E-state index in [0.717, 1.165) is 11.1 Å². The fraction of sp³-hybridized carbons (Fsp3) is 0.571. The van der Waals surface area contributed by atoms with Gasteiger partial charge < -0.3 is 14.6 Å². The summed E-state index contributed by atoms with van der Waals surface area (Å²) in [4.78, 5) is 0. The molecule has 3 nitrogen and oxygen atoms in total. The van der Waals surface area contributed by atoms with Gasteiger partial charge in [0.25, 0.3) is 0 Å². The van der Waals surface area contributed by atoms with Crippen LogP contribution in [0.15, 0.2) is 18.2 Å². The number of rotatable bonds is 7. The average molecular weight is 238 g/mol. The normalized spacial score (nSPS) is 12.7. The number of aryl methyl sites for hydroxylation is 2. The Morgan fingerprint density at radius 1 is 1.18 bits per heavy atom. The second-order valence-corrected chi connectivity index (χ2v) is 4.15. The third-order valence-electron chi connectivity index (χ3n) is 2.64. The number of ether oxygens (including phenoxy) is 2. The zero-order valence-corrected chi connectivity index (χ0v) is 10.9. The molecule has 0 amide bonds. The maximum Gasteiger partial charge on any atom is 0.103 e. The molecule has 1 unspecified atom stereocenters. The lowest BCUT2D eigenvalue weighted by molar-refractivity contribution is 0.00512. The maximum atomic E-state index is 9.98. The van der Waals surface area contributed by atoms with E-state index < -0.39 is 6.10 Å². The van der Waals surface area contributed by atoms with Crippen molar-refractivity contribution in [2.45, 2.75) is 26.9 Å². The first-order valence-corrected chi connectivity index (χ1v) is 6.05. The molecule has 1 N–H and O–H groups in total. The largest absolute Gasteiger partial charge is 0.386 e. The number of hydrogen-bond acceptors (Lipinski definition) is 3. The molecule has 1 rings (SSSR count). The fourth-order valence-electron chi connectivity index (χ4n) is 1.75. The molecule has 17 heavy (non-hydrogen) atoms. The highest BCUT2D eigenvalue weighted by Gasteiger charge is 2.10. The Kier molecular flexibility index (Phi) is 6.19. The minimum atomic E-state index is -0.558. The van der Waals surface area contributed by atoms with Crippen LogP contribution in [-0.4, -0.2) is 31.5 Å². The Labute approximate surface area is 103 Å². The molecule has 3 heteroatoms. The summed E-state index contributed by atoms with van der Waals surface area (Å²) in [7, 11) is 0. The van der Waals surface area contributed by atoms with Gasteiger partial charge in [0, 0.05) is 6.61 Å². The second kappa shape index (κ2) is 7.43. The van der Waals surface area contributed by atoms with E-state index in [-0.39, 0.29) is 0 Å². The smallest absolute Gasteiger partial charge is 0.103 e. The molecule has 0 aliphatic carbocycles. The fourth-order valence-corrected chi connectivity index (χ4v) is 1.75. The van der Waals surface area contributed by atoms with Crippen molar-refractivity contribution in [3.8, 4) is 0 Å². The van der Waals surface area contributed by atoms with Crippen LogP contribution >= 0.6 is 0 Å². The Morgan fingerprint density at radius 2 is 1.88 bits per heavy atom. The Balaban J connectivity index is 2.38. The summed E-state index contributed by atoms with van der Waals surface area (Å²) in [5.41, 5.74) is 3.24. The molecule has 0 heterocycles. The van der Waals surface area contributed by atoms with Crippen molar-refractivity contribution in [3.63, 3.8) is 0 Å². The van der Waals surface area contributed by atoms with Gasteiger partial charge in [0.05, 0.1) is 19.8 Å². The monoisotopic (exact) mass is 238 g/mol. The molecular formula is C14H22O3. The molecule has 96 valence electrons. The van der Waals surface area contributed by atoms with Gasteiger partial charge in [0.15, 0.2) is 0 Å². The molecule has 0 bridgehead atoms. The first kappa shape index (κ1) is 14.2. The summed E-state index contributed by atoms with van der Waals surface area (Å²) < 4.78 is 10.5. The summed E-state index contributed by atoms with van der Waals surface area (Å²) in [5.74, 6) is 0. The SMILES string of the molecule is CCOCCOCC(O)c1ccc(C)cc1C. The summed E-state index contributed by atoms with van der Waals surface area (Å²) in [6.07, 6.45) is -0.558. The number of aliphatic hydroxyl groups excluding tert-OH is 1. The van der Waals surface area contributed by atoms with Crippen LogP contribution in [0.3, 0.4) is 0 Å². The number of benzene rings is 1. The number of hydrogen-bond donors (Lipinski definition) is 1. The van der Waals surface area contributed by atoms with Gasteiger partial charge in [-0.05, 0) is 31.9 Å². The van der Waals surface area contributed by atoms with E-state index in [1.54, 1.807) is 0 Å². The van der Waals surface area contributed by atoms with Crippen molar-refractivity contribution in [2.24, 2.45) is 0 Å². The van der Waals surface area contributed by atoms with Crippen LogP contribution in [0.1, 0.15) is 29.7 Å². The van der Waals surface area contributed by atoms with Crippen molar-refractivity contribution >= 4 is 0 Å². The van der Waals surface area contributed by atoms with Crippen molar-refractivity contribution < 1.29 is 14.6 Å². The second-order valence-electron chi connectivity index (χ2n) is 4.15. The molecule has 0 spiro atoms. The standard InChI is InChI=1S/C14H22O3/c1-4-16-7-8-17-10-14(15)13-6-5-11(2)9-12(13)3/h5-6,9,14-15H,4,7-8,10H2,1-3H3. The maximum absolute atomic E-state index is 9.98. The topological polar surface area (TPSA) is 38.7 Å². The highest BCUT2D eigenvalue weighted by molar-refractivity contribution is 5.31. The summed E-state index contributed by atoms with van der Waals surface area (Å²) in [6.45, 7) is 8.11. The average Bonchev–Trinajstić information content (AvgIpc) is 2.28. The first-order chi connectivity index (χ1) is 8.15. The molecule has 0 aliphatic rings. The molecule has 0 saturated heterocycles. The molecule has 0 saturated carbocycles. The van der Waals surface area contributed by atoms with Gasteiger partial charge in [0.2, 0.25) is 0 Å². The third-order valence-corrected chi connectivity index (χ3v) is 2.64. The van der Waals surface area contributed by atoms with Crippen molar-refractivity contribution in [1.82, 2.24) is 0 Å². The van der Waals surface area contributed by atoms with Crippen LogP contribution in [0.25, 0.3) is 0 Å². The van der Waals surface area contributed by atoms with E-state index in [1.165, 1.54) is 5.56 Å². The van der Waals surface area contributed by atoms with Gasteiger partial charge >= 0.3 is 0 Å². The van der Waals surface area contributed by atoms with E-state index >= 15 is 0 Å².